The Morgan fingerprint density at radius 1 is 1.15 bits per heavy atom. The average Bonchev–Trinajstić information content (AvgIpc) is 2.11. The Bertz CT molecular complexity index is 133. The molecule has 0 nitrogen and oxygen atoms in total. The van der Waals surface area contributed by atoms with Crippen LogP contribution in [0.2, 0.25) is 0 Å². The summed E-state index contributed by atoms with van der Waals surface area (Å²) < 4.78 is 0. The first kappa shape index (κ1) is 12.7. The van der Waals surface area contributed by atoms with Gasteiger partial charge in [-0.1, -0.05) is 52.7 Å². The van der Waals surface area contributed by atoms with Crippen LogP contribution in [0.1, 0.15) is 53.9 Å². The van der Waals surface area contributed by atoms with Crippen molar-refractivity contribution in [3.63, 3.8) is 0 Å². The van der Waals surface area contributed by atoms with Crippen molar-refractivity contribution in [2.75, 3.05) is 0 Å². The molecule has 0 aliphatic heterocycles. The molecule has 2 unspecified atom stereocenters. The fraction of sp³-hybridized carbons (Fsp3) is 0.846. The third-order valence-electron chi connectivity index (χ3n) is 3.06. The Morgan fingerprint density at radius 2 is 1.77 bits per heavy atom. The molecule has 0 aromatic rings. The second-order valence-electron chi connectivity index (χ2n) is 4.44. The standard InChI is InChI=1S/C13H26/c1-6-8-10-13(9-7-2)12(5)11(3)4/h7,9,11-13H,6,8,10H2,1-5H3. The molecule has 0 N–H and O–H groups in total. The molecule has 0 spiro atoms. The maximum atomic E-state index is 2.39. The molecule has 0 bridgehead atoms. The van der Waals surface area contributed by atoms with Gasteiger partial charge in [0, 0.05) is 0 Å². The van der Waals surface area contributed by atoms with Crippen LogP contribution in [0.3, 0.4) is 0 Å². The zero-order valence-electron chi connectivity index (χ0n) is 10.0. The highest BCUT2D eigenvalue weighted by Crippen LogP contribution is 2.26. The van der Waals surface area contributed by atoms with Gasteiger partial charge in [0.05, 0.1) is 0 Å². The predicted octanol–water partition coefficient (Wildman–Crippen LogP) is 4.66. The van der Waals surface area contributed by atoms with E-state index in [4.69, 9.17) is 0 Å². The summed E-state index contributed by atoms with van der Waals surface area (Å²) in [7, 11) is 0. The fourth-order valence-electron chi connectivity index (χ4n) is 1.72. The number of unbranched alkanes of at least 4 members (excludes halogenated alkanes) is 1. The Labute approximate surface area is 84.4 Å². The second kappa shape index (κ2) is 7.17. The summed E-state index contributed by atoms with van der Waals surface area (Å²) in [4.78, 5) is 0. The van der Waals surface area contributed by atoms with Gasteiger partial charge in [-0.25, -0.2) is 0 Å². The molecule has 0 fully saturated rings. The lowest BCUT2D eigenvalue weighted by atomic mass is 9.82. The molecule has 0 aliphatic rings. The smallest absolute Gasteiger partial charge is 0.0205 e. The highest BCUT2D eigenvalue weighted by atomic mass is 14.2. The SMILES string of the molecule is CC=CC(CCCC)C(C)C(C)C. The number of allylic oxidation sites excluding steroid dienone is 2. The molecule has 78 valence electrons. The van der Waals surface area contributed by atoms with Crippen LogP contribution in [-0.4, -0.2) is 0 Å². The minimum Gasteiger partial charge on any atom is -0.0914 e. The number of hydrogen-bond acceptors (Lipinski definition) is 0. The van der Waals surface area contributed by atoms with E-state index in [1.807, 2.05) is 0 Å². The van der Waals surface area contributed by atoms with Crippen LogP contribution in [0.15, 0.2) is 12.2 Å². The van der Waals surface area contributed by atoms with Crippen molar-refractivity contribution in [3.8, 4) is 0 Å². The van der Waals surface area contributed by atoms with Gasteiger partial charge in [0.15, 0.2) is 0 Å². The van der Waals surface area contributed by atoms with Crippen LogP contribution in [-0.2, 0) is 0 Å². The van der Waals surface area contributed by atoms with E-state index in [9.17, 15) is 0 Å². The minimum absolute atomic E-state index is 0.796. The topological polar surface area (TPSA) is 0 Å². The first-order chi connectivity index (χ1) is 6.13. The summed E-state index contributed by atoms with van der Waals surface area (Å²) in [6.07, 6.45) is 8.64. The Kier molecular flexibility index (Phi) is 7.03. The summed E-state index contributed by atoms with van der Waals surface area (Å²) in [6, 6.07) is 0. The Morgan fingerprint density at radius 3 is 2.15 bits per heavy atom. The van der Waals surface area contributed by atoms with Crippen molar-refractivity contribution in [1.82, 2.24) is 0 Å². The largest absolute Gasteiger partial charge is 0.0914 e. The van der Waals surface area contributed by atoms with Gasteiger partial charge in [0.1, 0.15) is 0 Å². The molecule has 0 saturated heterocycles. The molecule has 13 heavy (non-hydrogen) atoms. The first-order valence-corrected chi connectivity index (χ1v) is 5.76. The number of hydrogen-bond donors (Lipinski definition) is 0. The van der Waals surface area contributed by atoms with Crippen molar-refractivity contribution in [1.29, 1.82) is 0 Å². The summed E-state index contributed by atoms with van der Waals surface area (Å²) in [5, 5.41) is 0. The van der Waals surface area contributed by atoms with Crippen molar-refractivity contribution >= 4 is 0 Å². The highest BCUT2D eigenvalue weighted by molar-refractivity contribution is 4.89. The molecule has 0 amide bonds. The van der Waals surface area contributed by atoms with E-state index in [2.05, 4.69) is 46.8 Å². The molecule has 0 radical (unpaired) electrons. The lowest BCUT2D eigenvalue weighted by Crippen LogP contribution is -2.15. The van der Waals surface area contributed by atoms with Crippen LogP contribution in [0.4, 0.5) is 0 Å². The highest BCUT2D eigenvalue weighted by Gasteiger charge is 2.16. The predicted molar refractivity (Wildman–Crippen MR) is 61.8 cm³/mol. The Balaban J connectivity index is 4.06. The fourth-order valence-corrected chi connectivity index (χ4v) is 1.72. The molecule has 0 aliphatic carbocycles. The summed E-state index contributed by atoms with van der Waals surface area (Å²) in [6.45, 7) is 11.4. The van der Waals surface area contributed by atoms with Gasteiger partial charge >= 0.3 is 0 Å². The molecular weight excluding hydrogens is 156 g/mol. The summed E-state index contributed by atoms with van der Waals surface area (Å²) >= 11 is 0. The molecule has 0 heteroatoms. The van der Waals surface area contributed by atoms with E-state index < -0.39 is 0 Å². The van der Waals surface area contributed by atoms with Gasteiger partial charge in [0.25, 0.3) is 0 Å². The van der Waals surface area contributed by atoms with Crippen molar-refractivity contribution < 1.29 is 0 Å². The van der Waals surface area contributed by atoms with Gasteiger partial charge < -0.3 is 0 Å². The molecule has 0 aromatic carbocycles. The van der Waals surface area contributed by atoms with E-state index in [0.717, 1.165) is 17.8 Å². The monoisotopic (exact) mass is 182 g/mol. The van der Waals surface area contributed by atoms with Crippen LogP contribution >= 0.6 is 0 Å². The van der Waals surface area contributed by atoms with E-state index in [0.29, 0.717) is 0 Å². The minimum atomic E-state index is 0.796. The van der Waals surface area contributed by atoms with Crippen LogP contribution < -0.4 is 0 Å². The van der Waals surface area contributed by atoms with Gasteiger partial charge in [-0.15, -0.1) is 0 Å². The van der Waals surface area contributed by atoms with Crippen LogP contribution in [0, 0.1) is 17.8 Å². The molecule has 0 rings (SSSR count). The lowest BCUT2D eigenvalue weighted by Gasteiger charge is -2.24. The molecular formula is C13H26. The normalized spacial score (nSPS) is 16.8. The van der Waals surface area contributed by atoms with E-state index in [-0.39, 0.29) is 0 Å². The molecule has 0 aromatic heterocycles. The van der Waals surface area contributed by atoms with Gasteiger partial charge in [0.2, 0.25) is 0 Å². The zero-order chi connectivity index (χ0) is 10.3. The van der Waals surface area contributed by atoms with Crippen molar-refractivity contribution in [2.24, 2.45) is 17.8 Å². The van der Waals surface area contributed by atoms with Crippen molar-refractivity contribution in [3.05, 3.63) is 12.2 Å². The van der Waals surface area contributed by atoms with E-state index >= 15 is 0 Å². The Hall–Kier alpha value is -0.260. The third kappa shape index (κ3) is 5.13. The van der Waals surface area contributed by atoms with E-state index in [1.165, 1.54) is 19.3 Å². The molecule has 0 heterocycles. The van der Waals surface area contributed by atoms with Crippen LogP contribution in [0.5, 0.6) is 0 Å². The van der Waals surface area contributed by atoms with Gasteiger partial charge in [-0.05, 0) is 31.1 Å². The van der Waals surface area contributed by atoms with E-state index in [1.54, 1.807) is 0 Å². The van der Waals surface area contributed by atoms with Gasteiger partial charge in [-0.2, -0.15) is 0 Å². The molecule has 0 saturated carbocycles. The summed E-state index contributed by atoms with van der Waals surface area (Å²) in [5.74, 6) is 2.42. The van der Waals surface area contributed by atoms with Crippen LogP contribution in [0.25, 0.3) is 0 Å². The quantitative estimate of drug-likeness (QED) is 0.524. The maximum absolute atomic E-state index is 2.39. The number of rotatable bonds is 6. The molecule has 2 atom stereocenters. The van der Waals surface area contributed by atoms with Gasteiger partial charge in [-0.3, -0.25) is 0 Å². The second-order valence-corrected chi connectivity index (χ2v) is 4.44. The average molecular weight is 182 g/mol. The lowest BCUT2D eigenvalue weighted by molar-refractivity contribution is 0.304. The first-order valence-electron chi connectivity index (χ1n) is 5.76. The maximum Gasteiger partial charge on any atom is -0.0205 e. The third-order valence-corrected chi connectivity index (χ3v) is 3.06. The van der Waals surface area contributed by atoms with Crippen molar-refractivity contribution in [2.45, 2.75) is 53.9 Å². The summed E-state index contributed by atoms with van der Waals surface area (Å²) in [5.41, 5.74) is 0. The zero-order valence-corrected chi connectivity index (χ0v) is 10.0.